The van der Waals surface area contributed by atoms with Crippen LogP contribution in [-0.4, -0.2) is 20.0 Å². The third-order valence-electron chi connectivity index (χ3n) is 3.16. The first-order valence-corrected chi connectivity index (χ1v) is 7.76. The lowest BCUT2D eigenvalue weighted by Crippen LogP contribution is -2.22. The molecule has 1 aromatic rings. The number of hydrogen-bond acceptors (Lipinski definition) is 3. The third-order valence-corrected chi connectivity index (χ3v) is 4.95. The van der Waals surface area contributed by atoms with Gasteiger partial charge in [-0.2, -0.15) is 0 Å². The zero-order valence-electron chi connectivity index (χ0n) is 11.4. The second-order valence-corrected chi connectivity index (χ2v) is 6.76. The van der Waals surface area contributed by atoms with Crippen LogP contribution < -0.4 is 0 Å². The van der Waals surface area contributed by atoms with E-state index in [0.717, 1.165) is 5.56 Å². The zero-order chi connectivity index (χ0) is 13.9. The normalized spacial score (nSPS) is 13.3. The number of Topliss-reactive ketones (excluding diaryl/α,β-unsaturated/α-hetero) is 1. The summed E-state index contributed by atoms with van der Waals surface area (Å²) < 4.78 is 24.3. The quantitative estimate of drug-likeness (QED) is 0.825. The van der Waals surface area contributed by atoms with Gasteiger partial charge in [-0.15, -0.1) is 0 Å². The minimum atomic E-state index is -3.51. The first kappa shape index (κ1) is 14.9. The molecule has 0 bridgehead atoms. The largest absolute Gasteiger partial charge is 0.298 e. The molecule has 0 saturated heterocycles. The van der Waals surface area contributed by atoms with Crippen LogP contribution in [0.25, 0.3) is 0 Å². The average Bonchev–Trinajstić information content (AvgIpc) is 2.26. The highest BCUT2D eigenvalue weighted by Gasteiger charge is 2.23. The van der Waals surface area contributed by atoms with Crippen LogP contribution in [0.2, 0.25) is 0 Å². The SMILES string of the molecule is CCC(C)C(=O)CS(=O)(=O)c1ccc(C)cc1C. The number of benzene rings is 1. The van der Waals surface area contributed by atoms with E-state index >= 15 is 0 Å². The Labute approximate surface area is 109 Å². The molecule has 0 spiro atoms. The van der Waals surface area contributed by atoms with Gasteiger partial charge in [0.1, 0.15) is 5.75 Å². The molecule has 0 amide bonds. The van der Waals surface area contributed by atoms with E-state index in [1.54, 1.807) is 26.0 Å². The Morgan fingerprint density at radius 2 is 1.89 bits per heavy atom. The maximum atomic E-state index is 12.2. The molecule has 0 N–H and O–H groups in total. The summed E-state index contributed by atoms with van der Waals surface area (Å²) in [4.78, 5) is 12.0. The summed E-state index contributed by atoms with van der Waals surface area (Å²) in [5.41, 5.74) is 1.71. The lowest BCUT2D eigenvalue weighted by Gasteiger charge is -2.10. The van der Waals surface area contributed by atoms with Crippen LogP contribution in [0.3, 0.4) is 0 Å². The number of sulfone groups is 1. The minimum Gasteiger partial charge on any atom is -0.298 e. The standard InChI is InChI=1S/C14H20O3S/c1-5-11(3)13(15)9-18(16,17)14-7-6-10(2)8-12(14)4/h6-8,11H,5,9H2,1-4H3. The predicted molar refractivity (Wildman–Crippen MR) is 72.4 cm³/mol. The summed E-state index contributed by atoms with van der Waals surface area (Å²) in [6.45, 7) is 7.31. The van der Waals surface area contributed by atoms with Crippen LogP contribution >= 0.6 is 0 Å². The van der Waals surface area contributed by atoms with Gasteiger partial charge in [0, 0.05) is 5.92 Å². The molecule has 18 heavy (non-hydrogen) atoms. The highest BCUT2D eigenvalue weighted by Crippen LogP contribution is 2.19. The van der Waals surface area contributed by atoms with Gasteiger partial charge in [-0.1, -0.05) is 31.5 Å². The van der Waals surface area contributed by atoms with E-state index in [9.17, 15) is 13.2 Å². The van der Waals surface area contributed by atoms with Crippen molar-refractivity contribution in [1.82, 2.24) is 0 Å². The highest BCUT2D eigenvalue weighted by atomic mass is 32.2. The molecule has 0 saturated carbocycles. The summed E-state index contributed by atoms with van der Waals surface area (Å²) in [6, 6.07) is 5.16. The molecular weight excluding hydrogens is 248 g/mol. The summed E-state index contributed by atoms with van der Waals surface area (Å²) in [7, 11) is -3.51. The average molecular weight is 268 g/mol. The smallest absolute Gasteiger partial charge is 0.185 e. The van der Waals surface area contributed by atoms with Gasteiger partial charge in [0.15, 0.2) is 15.6 Å². The van der Waals surface area contributed by atoms with Crippen molar-refractivity contribution in [2.24, 2.45) is 5.92 Å². The molecule has 0 aromatic heterocycles. The Hall–Kier alpha value is -1.16. The van der Waals surface area contributed by atoms with Gasteiger partial charge in [-0.05, 0) is 31.9 Å². The molecule has 0 aliphatic heterocycles. The Morgan fingerprint density at radius 3 is 2.39 bits per heavy atom. The fourth-order valence-electron chi connectivity index (χ4n) is 1.78. The van der Waals surface area contributed by atoms with Gasteiger partial charge in [-0.25, -0.2) is 8.42 Å². The van der Waals surface area contributed by atoms with Gasteiger partial charge in [0.05, 0.1) is 4.90 Å². The van der Waals surface area contributed by atoms with Crippen LogP contribution in [-0.2, 0) is 14.6 Å². The number of carbonyl (C=O) groups excluding carboxylic acids is 1. The molecule has 0 radical (unpaired) electrons. The van der Waals surface area contributed by atoms with Crippen LogP contribution in [0.5, 0.6) is 0 Å². The van der Waals surface area contributed by atoms with Gasteiger partial charge < -0.3 is 0 Å². The first-order valence-electron chi connectivity index (χ1n) is 6.10. The molecule has 1 aromatic carbocycles. The molecule has 1 atom stereocenters. The molecule has 0 aliphatic carbocycles. The lowest BCUT2D eigenvalue weighted by atomic mass is 10.1. The molecule has 3 nitrogen and oxygen atoms in total. The van der Waals surface area contributed by atoms with Crippen LogP contribution in [0, 0.1) is 19.8 Å². The van der Waals surface area contributed by atoms with Crippen molar-refractivity contribution in [3.63, 3.8) is 0 Å². The van der Waals surface area contributed by atoms with E-state index < -0.39 is 15.6 Å². The van der Waals surface area contributed by atoms with E-state index in [2.05, 4.69) is 0 Å². The number of carbonyl (C=O) groups is 1. The Morgan fingerprint density at radius 1 is 1.28 bits per heavy atom. The summed E-state index contributed by atoms with van der Waals surface area (Å²) in [5, 5.41) is 0. The van der Waals surface area contributed by atoms with Crippen molar-refractivity contribution in [2.45, 2.75) is 39.0 Å². The molecule has 1 unspecified atom stereocenters. The zero-order valence-corrected chi connectivity index (χ0v) is 12.2. The number of hydrogen-bond donors (Lipinski definition) is 0. The lowest BCUT2D eigenvalue weighted by molar-refractivity contribution is -0.119. The topological polar surface area (TPSA) is 51.2 Å². The fraction of sp³-hybridized carbons (Fsp3) is 0.500. The van der Waals surface area contributed by atoms with Crippen LogP contribution in [0.4, 0.5) is 0 Å². The number of aryl methyl sites for hydroxylation is 2. The maximum Gasteiger partial charge on any atom is 0.185 e. The summed E-state index contributed by atoms with van der Waals surface area (Å²) in [6.07, 6.45) is 0.668. The molecular formula is C14H20O3S. The molecule has 0 fully saturated rings. The van der Waals surface area contributed by atoms with Crippen molar-refractivity contribution in [2.75, 3.05) is 5.75 Å². The van der Waals surface area contributed by atoms with Crippen molar-refractivity contribution >= 4 is 15.6 Å². The number of rotatable bonds is 5. The van der Waals surface area contributed by atoms with Gasteiger partial charge in [0.2, 0.25) is 0 Å². The summed E-state index contributed by atoms with van der Waals surface area (Å²) in [5.74, 6) is -0.811. The Kier molecular flexibility index (Phi) is 4.68. The maximum absolute atomic E-state index is 12.2. The van der Waals surface area contributed by atoms with Crippen LogP contribution in [0.1, 0.15) is 31.4 Å². The van der Waals surface area contributed by atoms with Gasteiger partial charge >= 0.3 is 0 Å². The van der Waals surface area contributed by atoms with E-state index in [1.165, 1.54) is 0 Å². The summed E-state index contributed by atoms with van der Waals surface area (Å²) >= 11 is 0. The van der Waals surface area contributed by atoms with Crippen molar-refractivity contribution < 1.29 is 13.2 Å². The van der Waals surface area contributed by atoms with E-state index in [-0.39, 0.29) is 16.6 Å². The van der Waals surface area contributed by atoms with E-state index in [1.807, 2.05) is 19.9 Å². The predicted octanol–water partition coefficient (Wildman–Crippen LogP) is 2.69. The Balaban J connectivity index is 3.04. The van der Waals surface area contributed by atoms with Gasteiger partial charge in [0.25, 0.3) is 0 Å². The van der Waals surface area contributed by atoms with Crippen LogP contribution in [0.15, 0.2) is 23.1 Å². The third kappa shape index (κ3) is 3.42. The minimum absolute atomic E-state index is 0.203. The number of ketones is 1. The van der Waals surface area contributed by atoms with Crippen molar-refractivity contribution in [1.29, 1.82) is 0 Å². The second kappa shape index (κ2) is 5.65. The second-order valence-electron chi connectivity index (χ2n) is 4.80. The molecule has 100 valence electrons. The Bertz CT molecular complexity index is 544. The van der Waals surface area contributed by atoms with Crippen molar-refractivity contribution in [3.8, 4) is 0 Å². The molecule has 0 aliphatic rings. The first-order chi connectivity index (χ1) is 8.27. The van der Waals surface area contributed by atoms with E-state index in [4.69, 9.17) is 0 Å². The monoisotopic (exact) mass is 268 g/mol. The molecule has 0 heterocycles. The highest BCUT2D eigenvalue weighted by molar-refractivity contribution is 7.92. The molecule has 4 heteroatoms. The van der Waals surface area contributed by atoms with Crippen molar-refractivity contribution in [3.05, 3.63) is 29.3 Å². The van der Waals surface area contributed by atoms with Gasteiger partial charge in [-0.3, -0.25) is 4.79 Å². The molecule has 1 rings (SSSR count). The fourth-order valence-corrected chi connectivity index (χ4v) is 3.42. The van der Waals surface area contributed by atoms with E-state index in [0.29, 0.717) is 12.0 Å².